The van der Waals surface area contributed by atoms with Gasteiger partial charge in [-0.05, 0) is 37.8 Å². The molecule has 0 atom stereocenters. The molecule has 1 aromatic heterocycles. The number of alkyl halides is 3. The molecule has 26 heavy (non-hydrogen) atoms. The molecule has 1 aliphatic rings. The lowest BCUT2D eigenvalue weighted by Gasteiger charge is -2.15. The second-order valence-corrected chi connectivity index (χ2v) is 6.55. The van der Waals surface area contributed by atoms with Crippen molar-refractivity contribution in [1.29, 1.82) is 0 Å². The predicted octanol–water partition coefficient (Wildman–Crippen LogP) is 3.85. The molecular weight excluding hydrogens is 343 g/mol. The van der Waals surface area contributed by atoms with E-state index in [9.17, 15) is 18.0 Å². The molecule has 1 aliphatic carbocycles. The molecule has 0 unspecified atom stereocenters. The fourth-order valence-corrected chi connectivity index (χ4v) is 2.82. The van der Waals surface area contributed by atoms with Crippen LogP contribution < -0.4 is 11.1 Å². The number of fused-ring (bicyclic) bond motifs is 1. The molecule has 0 aliphatic heterocycles. The number of hydrogen-bond donors (Lipinski definition) is 2. The Morgan fingerprint density at radius 3 is 2.69 bits per heavy atom. The molecule has 138 valence electrons. The van der Waals surface area contributed by atoms with E-state index in [0.29, 0.717) is 41.5 Å². The zero-order chi connectivity index (χ0) is 18.9. The predicted molar refractivity (Wildman–Crippen MR) is 95.3 cm³/mol. The molecule has 1 aromatic carbocycles. The van der Waals surface area contributed by atoms with Crippen LogP contribution in [0, 0.1) is 5.92 Å². The summed E-state index contributed by atoms with van der Waals surface area (Å²) in [6.45, 7) is 3.64. The van der Waals surface area contributed by atoms with Gasteiger partial charge in [-0.3, -0.25) is 9.78 Å². The quantitative estimate of drug-likeness (QED) is 0.605. The van der Waals surface area contributed by atoms with E-state index < -0.39 is 11.7 Å². The maximum atomic E-state index is 13.2. The van der Waals surface area contributed by atoms with E-state index in [1.54, 1.807) is 24.3 Å². The number of aromatic nitrogens is 1. The maximum absolute atomic E-state index is 13.2. The van der Waals surface area contributed by atoms with Crippen LogP contribution in [0.25, 0.3) is 16.3 Å². The molecule has 1 fully saturated rings. The first-order chi connectivity index (χ1) is 12.3. The number of hydrogen-bond acceptors (Lipinski definition) is 3. The molecule has 1 amide bonds. The number of anilines is 1. The number of nitrogens with one attached hydrogen (secondary N) is 1. The van der Waals surface area contributed by atoms with Crippen LogP contribution in [0.5, 0.6) is 0 Å². The molecule has 1 heterocycles. The number of rotatable bonds is 6. The lowest BCUT2D eigenvalue weighted by atomic mass is 10.0. The van der Waals surface area contributed by atoms with Gasteiger partial charge in [-0.2, -0.15) is 13.2 Å². The molecule has 3 N–H and O–H groups in total. The minimum absolute atomic E-state index is 0.0480. The highest BCUT2D eigenvalue weighted by Crippen LogP contribution is 2.36. The summed E-state index contributed by atoms with van der Waals surface area (Å²) in [5.74, 6) is 0.183. The Balaban J connectivity index is 1.82. The second-order valence-electron chi connectivity index (χ2n) is 6.55. The lowest BCUT2D eigenvalue weighted by molar-refractivity contribution is -0.122. The number of nitrogens with zero attached hydrogens (tertiary/aromatic N) is 1. The van der Waals surface area contributed by atoms with Crippen LogP contribution in [0.4, 0.5) is 18.9 Å². The van der Waals surface area contributed by atoms with Gasteiger partial charge in [-0.15, -0.1) is 0 Å². The molecule has 0 spiro atoms. The Bertz CT molecular complexity index is 857. The highest BCUT2D eigenvalue weighted by Gasteiger charge is 2.35. The topological polar surface area (TPSA) is 68.0 Å². The van der Waals surface area contributed by atoms with Gasteiger partial charge in [0.15, 0.2) is 0 Å². The average molecular weight is 363 g/mol. The Morgan fingerprint density at radius 2 is 2.04 bits per heavy atom. The molecule has 2 aromatic rings. The number of halogens is 3. The smallest absolute Gasteiger partial charge is 0.398 e. The van der Waals surface area contributed by atoms with Crippen LogP contribution in [0.3, 0.4) is 0 Å². The standard InChI is InChI=1S/C19H20F3N3O/c1-11(19(20,21)22)17-14-5-2-6-16(23)15(14)10-13(25-17)4-3-9-24-18(26)12-7-8-12/h2,5-6,10,12H,1,3-4,7-9,23H2,(H,24,26). The van der Waals surface area contributed by atoms with Gasteiger partial charge < -0.3 is 11.1 Å². The fraction of sp³-hybridized carbons (Fsp3) is 0.368. The monoisotopic (exact) mass is 363 g/mol. The number of allylic oxidation sites excluding steroid dienone is 1. The minimum atomic E-state index is -4.57. The van der Waals surface area contributed by atoms with E-state index in [1.165, 1.54) is 0 Å². The first kappa shape index (κ1) is 18.2. The van der Waals surface area contributed by atoms with Gasteiger partial charge in [0.1, 0.15) is 0 Å². The molecule has 7 heteroatoms. The summed E-state index contributed by atoms with van der Waals surface area (Å²) in [6.07, 6.45) is -1.68. The molecule has 0 saturated heterocycles. The summed E-state index contributed by atoms with van der Waals surface area (Å²) in [5, 5.41) is 3.70. The molecule has 4 nitrogen and oxygen atoms in total. The summed E-state index contributed by atoms with van der Waals surface area (Å²) >= 11 is 0. The molecule has 1 saturated carbocycles. The van der Waals surface area contributed by atoms with Gasteiger partial charge in [0.05, 0.1) is 11.3 Å². The lowest BCUT2D eigenvalue weighted by Crippen LogP contribution is -2.26. The molecule has 0 bridgehead atoms. The van der Waals surface area contributed by atoms with Gasteiger partial charge >= 0.3 is 6.18 Å². The van der Waals surface area contributed by atoms with Crippen molar-refractivity contribution in [3.8, 4) is 0 Å². The van der Waals surface area contributed by atoms with E-state index >= 15 is 0 Å². The normalized spacial score (nSPS) is 14.4. The second kappa shape index (κ2) is 6.97. The van der Waals surface area contributed by atoms with E-state index in [1.807, 2.05) is 0 Å². The summed E-state index contributed by atoms with van der Waals surface area (Å²) in [5.41, 5.74) is 5.65. The number of amides is 1. The Labute approximate surface area is 149 Å². The maximum Gasteiger partial charge on any atom is 0.417 e. The number of benzene rings is 1. The summed E-state index contributed by atoms with van der Waals surface area (Å²) < 4.78 is 39.5. The van der Waals surface area contributed by atoms with E-state index in [0.717, 1.165) is 12.8 Å². The number of nitrogen functional groups attached to an aromatic ring is 1. The number of carbonyl (C=O) groups is 1. The van der Waals surface area contributed by atoms with Crippen molar-refractivity contribution >= 4 is 27.9 Å². The fourth-order valence-electron chi connectivity index (χ4n) is 2.82. The largest absolute Gasteiger partial charge is 0.417 e. The van der Waals surface area contributed by atoms with E-state index in [4.69, 9.17) is 5.73 Å². The zero-order valence-electron chi connectivity index (χ0n) is 14.2. The number of pyridine rings is 1. The van der Waals surface area contributed by atoms with Crippen LogP contribution in [-0.4, -0.2) is 23.6 Å². The van der Waals surface area contributed by atoms with E-state index in [2.05, 4.69) is 16.9 Å². The minimum Gasteiger partial charge on any atom is -0.398 e. The number of carbonyl (C=O) groups excluding carboxylic acids is 1. The van der Waals surface area contributed by atoms with E-state index in [-0.39, 0.29) is 17.5 Å². The SMILES string of the molecule is C=C(c1nc(CCCNC(=O)C2CC2)cc2c(N)cccc12)C(F)(F)F. The van der Waals surface area contributed by atoms with Crippen molar-refractivity contribution in [2.45, 2.75) is 31.9 Å². The number of nitrogens with two attached hydrogens (primary N) is 1. The third-order valence-electron chi connectivity index (χ3n) is 4.45. The van der Waals surface area contributed by atoms with Gasteiger partial charge in [0.25, 0.3) is 0 Å². The Kier molecular flexibility index (Phi) is 4.89. The van der Waals surface area contributed by atoms with Crippen molar-refractivity contribution in [2.24, 2.45) is 5.92 Å². The van der Waals surface area contributed by atoms with Gasteiger partial charge in [0, 0.05) is 34.6 Å². The highest BCUT2D eigenvalue weighted by molar-refractivity contribution is 5.99. The molecule has 3 rings (SSSR count). The summed E-state index contributed by atoms with van der Waals surface area (Å²) in [7, 11) is 0. The van der Waals surface area contributed by atoms with Gasteiger partial charge in [0.2, 0.25) is 5.91 Å². The first-order valence-corrected chi connectivity index (χ1v) is 8.49. The van der Waals surface area contributed by atoms with Crippen molar-refractivity contribution in [3.63, 3.8) is 0 Å². The van der Waals surface area contributed by atoms with Crippen LogP contribution in [0.15, 0.2) is 30.8 Å². The summed E-state index contributed by atoms with van der Waals surface area (Å²) in [6, 6.07) is 6.51. The summed E-state index contributed by atoms with van der Waals surface area (Å²) in [4.78, 5) is 15.8. The zero-order valence-corrected chi connectivity index (χ0v) is 14.2. The van der Waals surface area contributed by atoms with Gasteiger partial charge in [-0.1, -0.05) is 18.7 Å². The third-order valence-corrected chi connectivity index (χ3v) is 4.45. The number of aryl methyl sites for hydroxylation is 1. The molecule has 0 radical (unpaired) electrons. The first-order valence-electron chi connectivity index (χ1n) is 8.49. The van der Waals surface area contributed by atoms with Crippen LogP contribution in [-0.2, 0) is 11.2 Å². The Morgan fingerprint density at radius 1 is 1.31 bits per heavy atom. The Hall–Kier alpha value is -2.57. The van der Waals surface area contributed by atoms with Gasteiger partial charge in [-0.25, -0.2) is 0 Å². The average Bonchev–Trinajstić information content (AvgIpc) is 3.42. The molecular formula is C19H20F3N3O. The van der Waals surface area contributed by atoms with Crippen LogP contribution in [0.2, 0.25) is 0 Å². The van der Waals surface area contributed by atoms with Crippen molar-refractivity contribution in [3.05, 3.63) is 42.2 Å². The highest BCUT2D eigenvalue weighted by atomic mass is 19.4. The van der Waals surface area contributed by atoms with Crippen molar-refractivity contribution < 1.29 is 18.0 Å². The van der Waals surface area contributed by atoms with Crippen LogP contribution >= 0.6 is 0 Å². The van der Waals surface area contributed by atoms with Crippen molar-refractivity contribution in [1.82, 2.24) is 10.3 Å². The van der Waals surface area contributed by atoms with Crippen LogP contribution in [0.1, 0.15) is 30.7 Å². The third kappa shape index (κ3) is 3.98. The van der Waals surface area contributed by atoms with Crippen molar-refractivity contribution in [2.75, 3.05) is 12.3 Å².